The van der Waals surface area contributed by atoms with Gasteiger partial charge in [0.15, 0.2) is 12.4 Å². The molecule has 3 aliphatic rings. The summed E-state index contributed by atoms with van der Waals surface area (Å²) in [5.41, 5.74) is 21.3. The molecule has 0 bridgehead atoms. The van der Waals surface area contributed by atoms with Crippen molar-refractivity contribution < 1.29 is 4.58 Å². The Morgan fingerprint density at radius 3 is 2.21 bits per heavy atom. The SMILES string of the molecule is C=C\C=C/C=C\[N+](=C\C=C(/C=C\C)c1ccc(C)c(C2=C(CCC)CC=C2)c1)c1cccc(-c2ccc(-c3ccc4c(c3)-c3ccccc3C4(C3=CC=CCC3)C(/C=C\C)=C/C=C)cc2)c1. The van der Waals surface area contributed by atoms with E-state index < -0.39 is 0 Å². The molecule has 0 N–H and O–H groups in total. The number of hydrogen-bond donors (Lipinski definition) is 0. The summed E-state index contributed by atoms with van der Waals surface area (Å²) in [7, 11) is 0. The van der Waals surface area contributed by atoms with Gasteiger partial charge in [0.1, 0.15) is 0 Å². The zero-order chi connectivity index (χ0) is 45.9. The number of fused-ring (bicyclic) bond motifs is 3. The summed E-state index contributed by atoms with van der Waals surface area (Å²) >= 11 is 0. The van der Waals surface area contributed by atoms with Crippen LogP contribution < -0.4 is 0 Å². The monoisotopic (exact) mass is 856 g/mol. The van der Waals surface area contributed by atoms with E-state index in [0.717, 1.165) is 48.9 Å². The minimum Gasteiger partial charge on any atom is -0.167 e. The molecule has 8 rings (SSSR count). The molecule has 0 heterocycles. The summed E-state index contributed by atoms with van der Waals surface area (Å²) < 4.78 is 2.19. The van der Waals surface area contributed by atoms with Crippen molar-refractivity contribution in [1.82, 2.24) is 0 Å². The van der Waals surface area contributed by atoms with E-state index in [1.165, 1.54) is 77.9 Å². The van der Waals surface area contributed by atoms with Gasteiger partial charge >= 0.3 is 0 Å². The van der Waals surface area contributed by atoms with Gasteiger partial charge in [-0.2, -0.15) is 4.58 Å². The molecule has 0 amide bonds. The smallest absolute Gasteiger partial charge is 0.167 e. The first-order valence-corrected chi connectivity index (χ1v) is 23.6. The van der Waals surface area contributed by atoms with Crippen LogP contribution in [0, 0.1) is 6.92 Å². The number of hydrogen-bond acceptors (Lipinski definition) is 0. The van der Waals surface area contributed by atoms with E-state index in [0.29, 0.717) is 0 Å². The quantitative estimate of drug-likeness (QED) is 0.0528. The van der Waals surface area contributed by atoms with Crippen LogP contribution in [0.4, 0.5) is 5.69 Å². The van der Waals surface area contributed by atoms with Gasteiger partial charge in [0.2, 0.25) is 5.69 Å². The molecule has 0 aromatic heterocycles. The molecule has 0 saturated carbocycles. The maximum Gasteiger partial charge on any atom is 0.211 e. The number of aryl methyl sites for hydroxylation is 1. The summed E-state index contributed by atoms with van der Waals surface area (Å²) in [5.74, 6) is 0. The van der Waals surface area contributed by atoms with E-state index in [1.807, 2.05) is 18.2 Å². The lowest BCUT2D eigenvalue weighted by atomic mass is 9.64. The molecule has 0 saturated heterocycles. The van der Waals surface area contributed by atoms with Crippen molar-refractivity contribution in [3.05, 3.63) is 270 Å². The molecule has 66 heavy (non-hydrogen) atoms. The van der Waals surface area contributed by atoms with Crippen molar-refractivity contribution in [3.63, 3.8) is 0 Å². The van der Waals surface area contributed by atoms with Crippen LogP contribution in [0.1, 0.15) is 80.7 Å². The van der Waals surface area contributed by atoms with E-state index in [-0.39, 0.29) is 5.41 Å². The van der Waals surface area contributed by atoms with Crippen molar-refractivity contribution in [2.24, 2.45) is 0 Å². The lowest BCUT2D eigenvalue weighted by molar-refractivity contribution is -0.353. The van der Waals surface area contributed by atoms with Crippen LogP contribution in [0.15, 0.2) is 242 Å². The fraction of sp³-hybridized carbons (Fsp3) is 0.154. The minimum absolute atomic E-state index is 0.384. The molecule has 1 heteroatoms. The van der Waals surface area contributed by atoms with E-state index in [2.05, 4.69) is 240 Å². The Bertz CT molecular complexity index is 2990. The first kappa shape index (κ1) is 45.2. The summed E-state index contributed by atoms with van der Waals surface area (Å²) in [5, 5.41) is 0. The first-order chi connectivity index (χ1) is 32.4. The van der Waals surface area contributed by atoms with Gasteiger partial charge in [-0.3, -0.25) is 0 Å². The maximum absolute atomic E-state index is 4.14. The van der Waals surface area contributed by atoms with Gasteiger partial charge in [-0.1, -0.05) is 208 Å². The predicted molar refractivity (Wildman–Crippen MR) is 287 cm³/mol. The van der Waals surface area contributed by atoms with Gasteiger partial charge in [-0.25, -0.2) is 0 Å². The van der Waals surface area contributed by atoms with Crippen molar-refractivity contribution in [2.45, 2.75) is 65.2 Å². The van der Waals surface area contributed by atoms with Crippen molar-refractivity contribution >= 4 is 23.0 Å². The van der Waals surface area contributed by atoms with E-state index in [4.69, 9.17) is 0 Å². The van der Waals surface area contributed by atoms with Crippen LogP contribution in [-0.4, -0.2) is 10.8 Å². The van der Waals surface area contributed by atoms with Gasteiger partial charge in [0.05, 0.1) is 5.41 Å². The van der Waals surface area contributed by atoms with Crippen LogP contribution >= 0.6 is 0 Å². The van der Waals surface area contributed by atoms with Crippen molar-refractivity contribution in [2.75, 3.05) is 0 Å². The van der Waals surface area contributed by atoms with Crippen molar-refractivity contribution in [3.8, 4) is 33.4 Å². The molecule has 1 unspecified atom stereocenters. The van der Waals surface area contributed by atoms with Gasteiger partial charge in [-0.15, -0.1) is 0 Å². The first-order valence-electron chi connectivity index (χ1n) is 23.6. The van der Waals surface area contributed by atoms with Crippen LogP contribution in [0.25, 0.3) is 44.5 Å². The normalized spacial score (nSPS) is 17.5. The lowest BCUT2D eigenvalue weighted by Crippen LogP contribution is -2.30. The third-order valence-electron chi connectivity index (χ3n) is 13.1. The molecule has 0 radical (unpaired) electrons. The van der Waals surface area contributed by atoms with Crippen LogP contribution in [0.2, 0.25) is 0 Å². The number of benzene rings is 5. The molecule has 1 nitrogen and oxygen atoms in total. The zero-order valence-corrected chi connectivity index (χ0v) is 39.2. The van der Waals surface area contributed by atoms with E-state index in [1.54, 1.807) is 6.08 Å². The fourth-order valence-corrected chi connectivity index (χ4v) is 10.1. The Labute approximate surface area is 394 Å². The second-order valence-corrected chi connectivity index (χ2v) is 17.2. The highest BCUT2D eigenvalue weighted by molar-refractivity contribution is 5.91. The van der Waals surface area contributed by atoms with E-state index in [9.17, 15) is 0 Å². The molecule has 0 aliphatic heterocycles. The van der Waals surface area contributed by atoms with Crippen LogP contribution in [0.3, 0.4) is 0 Å². The largest absolute Gasteiger partial charge is 0.211 e. The molecule has 326 valence electrons. The zero-order valence-electron chi connectivity index (χ0n) is 39.2. The Balaban J connectivity index is 1.14. The van der Waals surface area contributed by atoms with E-state index >= 15 is 0 Å². The topological polar surface area (TPSA) is 3.01 Å². The molecule has 5 aromatic rings. The third-order valence-corrected chi connectivity index (χ3v) is 13.1. The molecule has 3 aliphatic carbocycles. The number of allylic oxidation sites excluding steroid dienone is 21. The second-order valence-electron chi connectivity index (χ2n) is 17.2. The molecule has 1 atom stereocenters. The highest BCUT2D eigenvalue weighted by Gasteiger charge is 2.47. The summed E-state index contributed by atoms with van der Waals surface area (Å²) in [4.78, 5) is 0. The molecule has 5 aromatic carbocycles. The summed E-state index contributed by atoms with van der Waals surface area (Å²) in [6.45, 7) is 16.7. The Hall–Kier alpha value is -7.35. The minimum atomic E-state index is -0.384. The van der Waals surface area contributed by atoms with Gasteiger partial charge < -0.3 is 0 Å². The predicted octanol–water partition coefficient (Wildman–Crippen LogP) is 17.7. The highest BCUT2D eigenvalue weighted by atomic mass is 15.0. The summed E-state index contributed by atoms with van der Waals surface area (Å²) in [6, 6.07) is 40.8. The average Bonchev–Trinajstić information content (AvgIpc) is 3.94. The molecular weight excluding hydrogens is 795 g/mol. The summed E-state index contributed by atoms with van der Waals surface area (Å²) in [6.07, 6.45) is 44.1. The Morgan fingerprint density at radius 1 is 0.697 bits per heavy atom. The maximum atomic E-state index is 4.14. The highest BCUT2D eigenvalue weighted by Crippen LogP contribution is 2.58. The Kier molecular flexibility index (Phi) is 14.5. The Morgan fingerprint density at radius 2 is 1.47 bits per heavy atom. The number of rotatable bonds is 16. The van der Waals surface area contributed by atoms with Gasteiger partial charge in [0, 0.05) is 24.3 Å². The van der Waals surface area contributed by atoms with Crippen molar-refractivity contribution in [1.29, 1.82) is 0 Å². The third kappa shape index (κ3) is 9.13. The molecular formula is C65H62N+. The van der Waals surface area contributed by atoms with Gasteiger partial charge in [-0.05, 0) is 137 Å². The number of nitrogens with zero attached hydrogens (tertiary/aromatic N) is 1. The lowest BCUT2D eigenvalue weighted by Gasteiger charge is -2.37. The van der Waals surface area contributed by atoms with Crippen LogP contribution in [0.5, 0.6) is 0 Å². The van der Waals surface area contributed by atoms with Gasteiger partial charge in [0.25, 0.3) is 0 Å². The molecule has 0 spiro atoms. The van der Waals surface area contributed by atoms with Crippen LogP contribution in [-0.2, 0) is 5.41 Å². The fourth-order valence-electron chi connectivity index (χ4n) is 10.1. The molecule has 0 fully saturated rings. The average molecular weight is 857 g/mol. The second kappa shape index (κ2) is 21.1. The standard InChI is InChI=1S/C65H62N/c1-7-12-13-19-43-66(44-42-49(22-8-2)54-35-34-48(6)61(46-54)59-32-21-26-52(59)23-9-3)58-30-20-27-53(45-58)50-36-38-51(39-37-50)55-40-41-64-62(47-55)60-31-17-18-33-63(60)65(64,56(24-10-4)25-11-5)57-28-15-14-16-29-57/h7-8,10-15,17-22,24-25,27-28,30-47H,1,4,9,16,23,26,29H2,2-3,5-6H3/q+1/b13-12-,22-8-,25-11-,43-19-,49-42+,56-24+,66-44-.